The molecule has 2 aliphatic carbocycles. The number of hydrogen-bond donors (Lipinski definition) is 1. The zero-order valence-electron chi connectivity index (χ0n) is 17.4. The van der Waals surface area contributed by atoms with Crippen molar-refractivity contribution in [1.29, 1.82) is 0 Å². The molecule has 6 heteroatoms. The lowest BCUT2D eigenvalue weighted by Crippen LogP contribution is -2.57. The normalized spacial score (nSPS) is 27.1. The summed E-state index contributed by atoms with van der Waals surface area (Å²) in [6, 6.07) is 4.64. The van der Waals surface area contributed by atoms with Gasteiger partial charge in [0.15, 0.2) is 0 Å². The van der Waals surface area contributed by atoms with Crippen molar-refractivity contribution in [3.8, 4) is 0 Å². The van der Waals surface area contributed by atoms with E-state index in [0.717, 1.165) is 29.8 Å². The molecule has 2 aromatic rings. The number of carboxylic acid groups (broad SMARTS) is 1. The fourth-order valence-corrected chi connectivity index (χ4v) is 5.52. The number of nitrogens with zero attached hydrogens (tertiary/aromatic N) is 3. The van der Waals surface area contributed by atoms with E-state index >= 15 is 0 Å². The molecule has 0 amide bonds. The predicted octanol–water partition coefficient (Wildman–Crippen LogP) is 4.03. The molecule has 2 saturated carbocycles. The van der Waals surface area contributed by atoms with E-state index in [4.69, 9.17) is 4.74 Å². The molecule has 0 aromatic carbocycles. The van der Waals surface area contributed by atoms with Crippen LogP contribution in [0, 0.1) is 12.8 Å². The number of hydrogen-bond acceptors (Lipinski definition) is 4. The van der Waals surface area contributed by atoms with Gasteiger partial charge in [-0.15, -0.1) is 0 Å². The number of ether oxygens (including phenoxy) is 1. The maximum atomic E-state index is 11.8. The minimum absolute atomic E-state index is 0.254. The number of aromatic carboxylic acids is 1. The number of carboxylic acids is 1. The van der Waals surface area contributed by atoms with E-state index in [0.29, 0.717) is 29.7 Å². The third kappa shape index (κ3) is 3.46. The molecule has 0 unspecified atom stereocenters. The molecule has 3 heterocycles. The van der Waals surface area contributed by atoms with Crippen LogP contribution in [0.5, 0.6) is 0 Å². The molecule has 1 saturated heterocycles. The minimum Gasteiger partial charge on any atom is -0.478 e. The summed E-state index contributed by atoms with van der Waals surface area (Å²) >= 11 is 0. The van der Waals surface area contributed by atoms with Crippen molar-refractivity contribution in [3.63, 3.8) is 0 Å². The van der Waals surface area contributed by atoms with E-state index in [1.54, 1.807) is 6.20 Å². The van der Waals surface area contributed by atoms with Gasteiger partial charge in [-0.25, -0.2) is 9.78 Å². The van der Waals surface area contributed by atoms with Crippen LogP contribution in [0.2, 0.25) is 0 Å². The van der Waals surface area contributed by atoms with Gasteiger partial charge in [-0.1, -0.05) is 0 Å². The number of carbonyl (C=O) groups is 1. The van der Waals surface area contributed by atoms with Crippen LogP contribution in [0.3, 0.4) is 0 Å². The molecule has 1 N–H and O–H groups in total. The number of aromatic nitrogens is 2. The summed E-state index contributed by atoms with van der Waals surface area (Å²) in [5, 5.41) is 10.5. The maximum absolute atomic E-state index is 11.8. The standard InChI is InChI=1S/C23H31N3O3/c1-14(26-15(2)21(23(27)28)20-4-3-11-24-22(20)26)16-5-7-17(8-6-16)25-12-19(13-25)29-18-9-10-18/h3-4,11,14,16-19H,5-10,12-13H2,1-2H3,(H,27,28)/t14-,16-,17-/m1/s1. The molecule has 1 aliphatic heterocycles. The molecule has 1 atom stereocenters. The third-order valence-corrected chi connectivity index (χ3v) is 7.35. The van der Waals surface area contributed by atoms with Crippen LogP contribution in [-0.4, -0.2) is 56.9 Å². The Morgan fingerprint density at radius 2 is 1.90 bits per heavy atom. The van der Waals surface area contributed by atoms with Crippen molar-refractivity contribution in [2.24, 2.45) is 5.92 Å². The van der Waals surface area contributed by atoms with Crippen LogP contribution in [0.25, 0.3) is 11.0 Å². The molecule has 0 radical (unpaired) electrons. The second-order valence-corrected chi connectivity index (χ2v) is 9.23. The van der Waals surface area contributed by atoms with Gasteiger partial charge in [-0.3, -0.25) is 4.90 Å². The van der Waals surface area contributed by atoms with Gasteiger partial charge >= 0.3 is 5.97 Å². The largest absolute Gasteiger partial charge is 0.478 e. The molecular formula is C23H31N3O3. The molecule has 0 spiro atoms. The highest BCUT2D eigenvalue weighted by Gasteiger charge is 2.39. The summed E-state index contributed by atoms with van der Waals surface area (Å²) in [5.41, 5.74) is 2.03. The van der Waals surface area contributed by atoms with Gasteiger partial charge in [0.2, 0.25) is 0 Å². The van der Waals surface area contributed by atoms with Crippen LogP contribution >= 0.6 is 0 Å². The van der Waals surface area contributed by atoms with Crippen molar-refractivity contribution in [2.45, 2.75) is 76.7 Å². The van der Waals surface area contributed by atoms with Gasteiger partial charge in [0, 0.05) is 42.5 Å². The average Bonchev–Trinajstić information content (AvgIpc) is 3.45. The van der Waals surface area contributed by atoms with Crippen LogP contribution in [0.15, 0.2) is 18.3 Å². The Labute approximate surface area is 171 Å². The second-order valence-electron chi connectivity index (χ2n) is 9.23. The zero-order chi connectivity index (χ0) is 20.1. The van der Waals surface area contributed by atoms with E-state index in [-0.39, 0.29) is 6.04 Å². The lowest BCUT2D eigenvalue weighted by atomic mass is 9.80. The first-order valence-electron chi connectivity index (χ1n) is 11.1. The fourth-order valence-electron chi connectivity index (χ4n) is 5.52. The van der Waals surface area contributed by atoms with E-state index in [1.165, 1.54) is 38.5 Å². The van der Waals surface area contributed by atoms with Gasteiger partial charge in [-0.05, 0) is 70.4 Å². The Morgan fingerprint density at radius 3 is 2.55 bits per heavy atom. The first-order valence-corrected chi connectivity index (χ1v) is 11.1. The van der Waals surface area contributed by atoms with Crippen molar-refractivity contribution >= 4 is 17.0 Å². The number of rotatable bonds is 6. The van der Waals surface area contributed by atoms with Crippen LogP contribution in [0.1, 0.15) is 67.5 Å². The minimum atomic E-state index is -0.865. The quantitative estimate of drug-likeness (QED) is 0.797. The van der Waals surface area contributed by atoms with Crippen molar-refractivity contribution in [3.05, 3.63) is 29.6 Å². The van der Waals surface area contributed by atoms with Crippen molar-refractivity contribution < 1.29 is 14.6 Å². The molecule has 29 heavy (non-hydrogen) atoms. The molecule has 3 fully saturated rings. The maximum Gasteiger partial charge on any atom is 0.338 e. The number of fused-ring (bicyclic) bond motifs is 1. The predicted molar refractivity (Wildman–Crippen MR) is 111 cm³/mol. The lowest BCUT2D eigenvalue weighted by molar-refractivity contribution is -0.0864. The molecule has 3 aliphatic rings. The number of pyridine rings is 1. The highest BCUT2D eigenvalue weighted by Crippen LogP contribution is 2.39. The average molecular weight is 398 g/mol. The molecule has 2 aromatic heterocycles. The first-order chi connectivity index (χ1) is 14.0. The van der Waals surface area contributed by atoms with E-state index < -0.39 is 5.97 Å². The molecule has 156 valence electrons. The fraction of sp³-hybridized carbons (Fsp3) is 0.652. The summed E-state index contributed by atoms with van der Waals surface area (Å²) in [4.78, 5) is 19.0. The Bertz CT molecular complexity index is 905. The Morgan fingerprint density at radius 1 is 1.17 bits per heavy atom. The van der Waals surface area contributed by atoms with Gasteiger partial charge in [-0.2, -0.15) is 0 Å². The Balaban J connectivity index is 1.26. The van der Waals surface area contributed by atoms with Crippen LogP contribution < -0.4 is 0 Å². The summed E-state index contributed by atoms with van der Waals surface area (Å²) < 4.78 is 8.18. The molecule has 0 bridgehead atoms. The highest BCUT2D eigenvalue weighted by atomic mass is 16.5. The molecule has 5 rings (SSSR count). The van der Waals surface area contributed by atoms with Gasteiger partial charge < -0.3 is 14.4 Å². The Kier molecular flexibility index (Phi) is 4.87. The lowest BCUT2D eigenvalue weighted by Gasteiger charge is -2.47. The SMILES string of the molecule is Cc1c(C(=O)O)c2cccnc2n1[C@H](C)[C@H]1CC[C@H](N2CC(OC3CC3)C2)CC1. The summed E-state index contributed by atoms with van der Waals surface area (Å²) in [6.07, 6.45) is 10.1. The first kappa shape index (κ1) is 19.1. The van der Waals surface area contributed by atoms with Crippen molar-refractivity contribution in [1.82, 2.24) is 14.5 Å². The van der Waals surface area contributed by atoms with Gasteiger partial charge in [0.1, 0.15) is 5.65 Å². The van der Waals surface area contributed by atoms with Gasteiger partial charge in [0.05, 0.1) is 17.8 Å². The topological polar surface area (TPSA) is 67.6 Å². The van der Waals surface area contributed by atoms with E-state index in [9.17, 15) is 9.90 Å². The Hall–Kier alpha value is -1.92. The summed E-state index contributed by atoms with van der Waals surface area (Å²) in [5.74, 6) is -0.306. The van der Waals surface area contributed by atoms with Gasteiger partial charge in [0.25, 0.3) is 0 Å². The van der Waals surface area contributed by atoms with E-state index in [1.807, 2.05) is 19.1 Å². The third-order valence-electron chi connectivity index (χ3n) is 7.35. The molecular weight excluding hydrogens is 366 g/mol. The summed E-state index contributed by atoms with van der Waals surface area (Å²) in [6.45, 7) is 6.37. The molecule has 6 nitrogen and oxygen atoms in total. The van der Waals surface area contributed by atoms with Crippen LogP contribution in [0.4, 0.5) is 0 Å². The smallest absolute Gasteiger partial charge is 0.338 e. The van der Waals surface area contributed by atoms with Crippen molar-refractivity contribution in [2.75, 3.05) is 13.1 Å². The van der Waals surface area contributed by atoms with Crippen LogP contribution in [-0.2, 0) is 4.74 Å². The number of likely N-dealkylation sites (tertiary alicyclic amines) is 1. The van der Waals surface area contributed by atoms with E-state index in [2.05, 4.69) is 21.4 Å². The highest BCUT2D eigenvalue weighted by molar-refractivity contribution is 6.04. The summed E-state index contributed by atoms with van der Waals surface area (Å²) in [7, 11) is 0. The second kappa shape index (κ2) is 7.40. The monoisotopic (exact) mass is 397 g/mol. The zero-order valence-corrected chi connectivity index (χ0v) is 17.4.